The first-order chi connectivity index (χ1) is 14.8. The molecule has 3 aromatic rings. The van der Waals surface area contributed by atoms with Crippen LogP contribution in [-0.2, 0) is 4.79 Å². The number of nitrogens with zero attached hydrogens (tertiary/aromatic N) is 3. The lowest BCUT2D eigenvalue weighted by atomic mass is 10.1. The molecule has 2 aromatic carbocycles. The van der Waals surface area contributed by atoms with Crippen LogP contribution in [0.1, 0.15) is 35.3 Å². The number of hydrogen-bond acceptors (Lipinski definition) is 6. The largest absolute Gasteiger partial charge is 0.486 e. The van der Waals surface area contributed by atoms with E-state index in [-0.39, 0.29) is 18.4 Å². The average Bonchev–Trinajstić information content (AvgIpc) is 3.21. The van der Waals surface area contributed by atoms with Crippen molar-refractivity contribution < 1.29 is 14.3 Å². The number of benzene rings is 2. The summed E-state index contributed by atoms with van der Waals surface area (Å²) in [6.07, 6.45) is 0.725. The highest BCUT2D eigenvalue weighted by molar-refractivity contribution is 7.18. The standard InChI is InChI=1S/C23H24ClN3O3S/c1-14(2)13-27(22(29)18-7-5-6-8-19(18)24)23-26-25-21(31-23)17-11-15(3)20(16(4)12-17)30-10-9-28/h5-9,11-12,14H,10,13H2,1-4H3. The Morgan fingerprint density at radius 2 is 1.87 bits per heavy atom. The third-order valence-electron chi connectivity index (χ3n) is 4.55. The molecule has 0 aliphatic heterocycles. The second kappa shape index (κ2) is 10.0. The predicted molar refractivity (Wildman–Crippen MR) is 124 cm³/mol. The van der Waals surface area contributed by atoms with Crippen molar-refractivity contribution in [3.8, 4) is 16.3 Å². The number of amides is 1. The Bertz CT molecular complexity index is 1070. The molecular formula is C23H24ClN3O3S. The molecule has 0 bridgehead atoms. The minimum Gasteiger partial charge on any atom is -0.486 e. The number of hydrogen-bond donors (Lipinski definition) is 0. The molecule has 31 heavy (non-hydrogen) atoms. The van der Waals surface area contributed by atoms with Crippen molar-refractivity contribution in [1.29, 1.82) is 0 Å². The van der Waals surface area contributed by atoms with Crippen LogP contribution < -0.4 is 9.64 Å². The van der Waals surface area contributed by atoms with Gasteiger partial charge in [0.1, 0.15) is 17.4 Å². The molecule has 0 unspecified atom stereocenters. The Morgan fingerprint density at radius 3 is 2.48 bits per heavy atom. The molecule has 0 radical (unpaired) electrons. The van der Waals surface area contributed by atoms with Gasteiger partial charge in [-0.15, -0.1) is 10.2 Å². The maximum atomic E-state index is 13.2. The van der Waals surface area contributed by atoms with Gasteiger partial charge in [0.05, 0.1) is 10.6 Å². The van der Waals surface area contributed by atoms with E-state index in [1.54, 1.807) is 29.2 Å². The number of carbonyl (C=O) groups excluding carboxylic acids is 2. The molecule has 1 heterocycles. The van der Waals surface area contributed by atoms with Gasteiger partial charge in [-0.3, -0.25) is 14.5 Å². The Kier molecular flexibility index (Phi) is 7.41. The first-order valence-electron chi connectivity index (χ1n) is 9.89. The van der Waals surface area contributed by atoms with Gasteiger partial charge in [0.25, 0.3) is 5.91 Å². The van der Waals surface area contributed by atoms with Crippen molar-refractivity contribution in [2.45, 2.75) is 27.7 Å². The van der Waals surface area contributed by atoms with Gasteiger partial charge >= 0.3 is 0 Å². The quantitative estimate of drug-likeness (QED) is 0.426. The molecule has 0 fully saturated rings. The van der Waals surface area contributed by atoms with E-state index in [0.29, 0.717) is 33.0 Å². The fourth-order valence-electron chi connectivity index (χ4n) is 3.25. The summed E-state index contributed by atoms with van der Waals surface area (Å²) in [6.45, 7) is 8.43. The van der Waals surface area contributed by atoms with Gasteiger partial charge in [-0.05, 0) is 55.2 Å². The Hall–Kier alpha value is -2.77. The van der Waals surface area contributed by atoms with E-state index in [2.05, 4.69) is 10.2 Å². The van der Waals surface area contributed by atoms with Crippen LogP contribution in [0.4, 0.5) is 5.13 Å². The number of aryl methyl sites for hydroxylation is 2. The molecular weight excluding hydrogens is 434 g/mol. The van der Waals surface area contributed by atoms with Gasteiger partial charge in [-0.2, -0.15) is 0 Å². The van der Waals surface area contributed by atoms with E-state index >= 15 is 0 Å². The van der Waals surface area contributed by atoms with Crippen LogP contribution in [0.25, 0.3) is 10.6 Å². The van der Waals surface area contributed by atoms with Crippen LogP contribution in [0.2, 0.25) is 5.02 Å². The molecule has 0 saturated heterocycles. The summed E-state index contributed by atoms with van der Waals surface area (Å²) < 4.78 is 5.52. The molecule has 1 aromatic heterocycles. The minimum absolute atomic E-state index is 0.0122. The number of carbonyl (C=O) groups is 2. The minimum atomic E-state index is -0.202. The second-order valence-corrected chi connectivity index (χ2v) is 8.96. The smallest absolute Gasteiger partial charge is 0.261 e. The number of ether oxygens (including phenoxy) is 1. The molecule has 3 rings (SSSR count). The molecule has 162 valence electrons. The van der Waals surface area contributed by atoms with E-state index in [0.717, 1.165) is 23.0 Å². The van der Waals surface area contributed by atoms with Gasteiger partial charge in [0.2, 0.25) is 5.13 Å². The Balaban J connectivity index is 1.95. The molecule has 0 atom stereocenters. The number of anilines is 1. The highest BCUT2D eigenvalue weighted by Crippen LogP contribution is 2.34. The van der Waals surface area contributed by atoms with Crippen molar-refractivity contribution in [1.82, 2.24) is 10.2 Å². The van der Waals surface area contributed by atoms with Crippen molar-refractivity contribution >= 4 is 40.3 Å². The topological polar surface area (TPSA) is 72.4 Å². The van der Waals surface area contributed by atoms with Crippen LogP contribution >= 0.6 is 22.9 Å². The first-order valence-corrected chi connectivity index (χ1v) is 11.1. The van der Waals surface area contributed by atoms with E-state index < -0.39 is 0 Å². The van der Waals surface area contributed by atoms with Crippen LogP contribution in [0, 0.1) is 19.8 Å². The highest BCUT2D eigenvalue weighted by atomic mass is 35.5. The van der Waals surface area contributed by atoms with Crippen molar-refractivity contribution in [3.05, 3.63) is 58.1 Å². The molecule has 6 nitrogen and oxygen atoms in total. The predicted octanol–water partition coefficient (Wildman–Crippen LogP) is 5.36. The zero-order valence-electron chi connectivity index (χ0n) is 17.9. The third kappa shape index (κ3) is 5.29. The van der Waals surface area contributed by atoms with Crippen LogP contribution in [-0.4, -0.2) is 35.5 Å². The normalized spacial score (nSPS) is 10.9. The molecule has 8 heteroatoms. The SMILES string of the molecule is Cc1cc(-c2nnc(N(CC(C)C)C(=O)c3ccccc3Cl)s2)cc(C)c1OCC=O. The van der Waals surface area contributed by atoms with E-state index in [1.807, 2.05) is 39.8 Å². The van der Waals surface area contributed by atoms with Gasteiger partial charge in [0.15, 0.2) is 6.29 Å². The lowest BCUT2D eigenvalue weighted by Gasteiger charge is -2.21. The summed E-state index contributed by atoms with van der Waals surface area (Å²) in [6, 6.07) is 10.9. The highest BCUT2D eigenvalue weighted by Gasteiger charge is 2.24. The third-order valence-corrected chi connectivity index (χ3v) is 5.87. The van der Waals surface area contributed by atoms with E-state index in [9.17, 15) is 9.59 Å². The maximum absolute atomic E-state index is 13.2. The summed E-state index contributed by atoms with van der Waals surface area (Å²) in [5, 5.41) is 10.3. The summed E-state index contributed by atoms with van der Waals surface area (Å²) in [4.78, 5) is 25.5. The van der Waals surface area contributed by atoms with Gasteiger partial charge in [-0.1, -0.05) is 48.9 Å². The first kappa shape index (κ1) is 22.9. The molecule has 1 amide bonds. The molecule has 0 aliphatic rings. The zero-order chi connectivity index (χ0) is 22.5. The lowest BCUT2D eigenvalue weighted by molar-refractivity contribution is -0.109. The molecule has 0 saturated carbocycles. The number of halogens is 1. The summed E-state index contributed by atoms with van der Waals surface area (Å²) in [5.74, 6) is 0.723. The fourth-order valence-corrected chi connectivity index (χ4v) is 4.31. The monoisotopic (exact) mass is 457 g/mol. The van der Waals surface area contributed by atoms with Gasteiger partial charge < -0.3 is 4.74 Å². The van der Waals surface area contributed by atoms with Crippen LogP contribution in [0.3, 0.4) is 0 Å². The second-order valence-electron chi connectivity index (χ2n) is 7.60. The van der Waals surface area contributed by atoms with Crippen molar-refractivity contribution in [3.63, 3.8) is 0 Å². The summed E-state index contributed by atoms with van der Waals surface area (Å²) in [5.41, 5.74) is 3.12. The maximum Gasteiger partial charge on any atom is 0.261 e. The molecule has 0 N–H and O–H groups in total. The number of aromatic nitrogens is 2. The van der Waals surface area contributed by atoms with E-state index in [1.165, 1.54) is 11.3 Å². The van der Waals surface area contributed by atoms with E-state index in [4.69, 9.17) is 16.3 Å². The van der Waals surface area contributed by atoms with Gasteiger partial charge in [0, 0.05) is 12.1 Å². The summed E-state index contributed by atoms with van der Waals surface area (Å²) >= 11 is 7.61. The number of rotatable bonds is 8. The number of aldehydes is 1. The Morgan fingerprint density at radius 1 is 1.19 bits per heavy atom. The summed E-state index contributed by atoms with van der Waals surface area (Å²) in [7, 11) is 0. The average molecular weight is 458 g/mol. The van der Waals surface area contributed by atoms with Crippen molar-refractivity contribution in [2.24, 2.45) is 5.92 Å². The van der Waals surface area contributed by atoms with Crippen molar-refractivity contribution in [2.75, 3.05) is 18.1 Å². The van der Waals surface area contributed by atoms with Crippen LogP contribution in [0.15, 0.2) is 36.4 Å². The van der Waals surface area contributed by atoms with Gasteiger partial charge in [-0.25, -0.2) is 0 Å². The Labute approximate surface area is 190 Å². The lowest BCUT2D eigenvalue weighted by Crippen LogP contribution is -2.34. The van der Waals surface area contributed by atoms with Crippen LogP contribution in [0.5, 0.6) is 5.75 Å². The molecule has 0 spiro atoms. The zero-order valence-corrected chi connectivity index (χ0v) is 19.5. The fraction of sp³-hybridized carbons (Fsp3) is 0.304. The molecule has 0 aliphatic carbocycles.